The van der Waals surface area contributed by atoms with Crippen LogP contribution in [0.1, 0.15) is 12.5 Å². The highest BCUT2D eigenvalue weighted by Crippen LogP contribution is 2.10. The molecular weight excluding hydrogens is 230 g/mol. The fourth-order valence-electron chi connectivity index (χ4n) is 0.976. The average Bonchev–Trinajstić information content (AvgIpc) is 2.21. The molecule has 0 aliphatic heterocycles. The van der Waals surface area contributed by atoms with Crippen LogP contribution in [0.25, 0.3) is 0 Å². The topological polar surface area (TPSA) is 38.0 Å². The van der Waals surface area contributed by atoms with Crippen LogP contribution in [-0.4, -0.2) is 17.9 Å². The smallest absolute Gasteiger partial charge is 0.223 e. The van der Waals surface area contributed by atoms with E-state index in [1.54, 1.807) is 6.21 Å². The Hall–Kier alpha value is -1.13. The van der Waals surface area contributed by atoms with Gasteiger partial charge in [-0.1, -0.05) is 23.7 Å². The number of benzene rings is 1. The van der Waals surface area contributed by atoms with E-state index in [2.05, 4.69) is 15.8 Å². The molecule has 3 N–H and O–H groups in total. The van der Waals surface area contributed by atoms with Gasteiger partial charge in [0.2, 0.25) is 5.11 Å². The van der Waals surface area contributed by atoms with Gasteiger partial charge in [0.25, 0.3) is 0 Å². The van der Waals surface area contributed by atoms with Crippen LogP contribution in [-0.2, 0) is 0 Å². The molecule has 0 fully saturated rings. The maximum Gasteiger partial charge on any atom is 0.223 e. The minimum Gasteiger partial charge on any atom is -0.359 e. The van der Waals surface area contributed by atoms with Crippen molar-refractivity contribution < 1.29 is 5.10 Å². The quantitative estimate of drug-likeness (QED) is 0.404. The van der Waals surface area contributed by atoms with Gasteiger partial charge in [-0.15, -0.1) is 10.5 Å². The second-order valence-corrected chi connectivity index (χ2v) is 3.61. The van der Waals surface area contributed by atoms with Gasteiger partial charge in [0.15, 0.2) is 6.21 Å². The van der Waals surface area contributed by atoms with Gasteiger partial charge in [-0.2, -0.15) is 0 Å². The summed E-state index contributed by atoms with van der Waals surface area (Å²) in [7, 11) is 0. The first-order chi connectivity index (χ1) is 7.24. The molecule has 15 heavy (non-hydrogen) atoms. The van der Waals surface area contributed by atoms with Gasteiger partial charge >= 0.3 is 0 Å². The highest BCUT2D eigenvalue weighted by molar-refractivity contribution is 7.80. The zero-order valence-electron chi connectivity index (χ0n) is 8.38. The summed E-state index contributed by atoms with van der Waals surface area (Å²) in [6, 6.07) is 7.55. The zero-order chi connectivity index (χ0) is 11.1. The third-order valence-corrected chi connectivity index (χ3v) is 2.25. The lowest BCUT2D eigenvalue weighted by atomic mass is 10.2. The van der Waals surface area contributed by atoms with Crippen LogP contribution in [0.4, 0.5) is 0 Å². The minimum atomic E-state index is 0.556. The maximum absolute atomic E-state index is 5.95. The Morgan fingerprint density at radius 1 is 1.53 bits per heavy atom. The van der Waals surface area contributed by atoms with Crippen molar-refractivity contribution in [3.8, 4) is 0 Å². The van der Waals surface area contributed by atoms with Crippen LogP contribution >= 0.6 is 23.8 Å². The van der Waals surface area contributed by atoms with E-state index in [1.165, 1.54) is 0 Å². The van der Waals surface area contributed by atoms with Crippen molar-refractivity contribution in [1.29, 1.82) is 0 Å². The van der Waals surface area contributed by atoms with Crippen molar-refractivity contribution in [2.24, 2.45) is 0 Å². The minimum absolute atomic E-state index is 0.556. The van der Waals surface area contributed by atoms with Crippen molar-refractivity contribution in [3.63, 3.8) is 0 Å². The molecule has 0 aromatic heterocycles. The number of halogens is 1. The molecular formula is C10H13ClN3S+. The molecule has 0 aliphatic carbocycles. The number of hydrazone groups is 1. The molecule has 5 heteroatoms. The molecule has 0 radical (unpaired) electrons. The van der Waals surface area contributed by atoms with Gasteiger partial charge < -0.3 is 5.32 Å². The van der Waals surface area contributed by atoms with Gasteiger partial charge in [0.1, 0.15) is 0 Å². The molecule has 0 aliphatic rings. The number of hydrogen-bond acceptors (Lipinski definition) is 1. The van der Waals surface area contributed by atoms with E-state index in [1.807, 2.05) is 31.2 Å². The monoisotopic (exact) mass is 242 g/mol. The summed E-state index contributed by atoms with van der Waals surface area (Å²) in [5.41, 5.74) is 3.72. The van der Waals surface area contributed by atoms with E-state index in [4.69, 9.17) is 23.8 Å². The largest absolute Gasteiger partial charge is 0.359 e. The highest BCUT2D eigenvalue weighted by Gasteiger charge is 1.98. The molecule has 1 aromatic rings. The summed E-state index contributed by atoms with van der Waals surface area (Å²) in [5, 5.41) is 7.07. The molecule has 1 rings (SSSR count). The Kier molecular flexibility index (Phi) is 5.07. The van der Waals surface area contributed by atoms with Crippen LogP contribution in [0.2, 0.25) is 5.02 Å². The van der Waals surface area contributed by atoms with Crippen LogP contribution in [0.15, 0.2) is 24.3 Å². The standard InChI is InChI=1S/C10H12ClN3S/c1-2-12-10(15)14-13-7-8-5-3-4-6-9(8)11/h3-7H,2H2,1H3,(H2,12,14,15)/p+1. The van der Waals surface area contributed by atoms with Crippen molar-refractivity contribution in [2.75, 3.05) is 6.54 Å². The second-order valence-electron chi connectivity index (χ2n) is 2.79. The maximum atomic E-state index is 5.95. The average molecular weight is 243 g/mol. The summed E-state index contributed by atoms with van der Waals surface area (Å²) in [5.74, 6) is 0. The normalized spacial score (nSPS) is 10.3. The SMILES string of the molecule is CCNC(=S)N[NH+]=Cc1ccccc1Cl. The first-order valence-electron chi connectivity index (χ1n) is 4.61. The van der Waals surface area contributed by atoms with Gasteiger partial charge in [-0.05, 0) is 31.3 Å². The molecule has 0 saturated carbocycles. The Morgan fingerprint density at radius 3 is 2.93 bits per heavy atom. The van der Waals surface area contributed by atoms with Crippen LogP contribution < -0.4 is 15.8 Å². The molecule has 0 saturated heterocycles. The van der Waals surface area contributed by atoms with Crippen molar-refractivity contribution in [3.05, 3.63) is 34.9 Å². The third kappa shape index (κ3) is 4.27. The third-order valence-electron chi connectivity index (χ3n) is 1.66. The van der Waals surface area contributed by atoms with E-state index < -0.39 is 0 Å². The Labute approximate surface area is 99.5 Å². The van der Waals surface area contributed by atoms with Crippen molar-refractivity contribution in [2.45, 2.75) is 6.92 Å². The lowest BCUT2D eigenvalue weighted by Gasteiger charge is -1.98. The van der Waals surface area contributed by atoms with E-state index in [-0.39, 0.29) is 0 Å². The second kappa shape index (κ2) is 6.37. The molecule has 0 atom stereocenters. The number of nitrogens with one attached hydrogen (secondary N) is 3. The molecule has 0 spiro atoms. The highest BCUT2D eigenvalue weighted by atomic mass is 35.5. The lowest BCUT2D eigenvalue weighted by Crippen LogP contribution is -2.82. The van der Waals surface area contributed by atoms with Crippen LogP contribution in [0, 0.1) is 0 Å². The predicted octanol–water partition coefficient (Wildman–Crippen LogP) is 0.239. The Balaban J connectivity index is 2.52. The van der Waals surface area contributed by atoms with Crippen LogP contribution in [0.5, 0.6) is 0 Å². The first-order valence-corrected chi connectivity index (χ1v) is 5.39. The predicted molar refractivity (Wildman–Crippen MR) is 67.0 cm³/mol. The Morgan fingerprint density at radius 2 is 2.27 bits per heavy atom. The summed E-state index contributed by atoms with van der Waals surface area (Å²) in [6.45, 7) is 2.77. The van der Waals surface area contributed by atoms with Gasteiger partial charge in [-0.3, -0.25) is 0 Å². The Bertz CT molecular complexity index is 365. The molecule has 0 heterocycles. The van der Waals surface area contributed by atoms with E-state index in [0.29, 0.717) is 10.1 Å². The number of rotatable bonds is 3. The fourth-order valence-corrected chi connectivity index (χ4v) is 1.37. The fraction of sp³-hybridized carbons (Fsp3) is 0.200. The molecule has 0 bridgehead atoms. The van der Waals surface area contributed by atoms with Crippen molar-refractivity contribution >= 4 is 35.1 Å². The zero-order valence-corrected chi connectivity index (χ0v) is 9.95. The first kappa shape index (κ1) is 11.9. The van der Waals surface area contributed by atoms with Gasteiger partial charge in [0.05, 0.1) is 10.6 Å². The molecule has 80 valence electrons. The number of hydrazine groups is 1. The van der Waals surface area contributed by atoms with Crippen molar-refractivity contribution in [1.82, 2.24) is 10.7 Å². The molecule has 1 aromatic carbocycles. The lowest BCUT2D eigenvalue weighted by molar-refractivity contribution is -0.500. The summed E-state index contributed by atoms with van der Waals surface area (Å²) in [4.78, 5) is 0. The summed E-state index contributed by atoms with van der Waals surface area (Å²) >= 11 is 10.9. The summed E-state index contributed by atoms with van der Waals surface area (Å²) in [6.07, 6.45) is 1.76. The molecule has 3 nitrogen and oxygen atoms in total. The molecule has 0 amide bonds. The summed E-state index contributed by atoms with van der Waals surface area (Å²) < 4.78 is 0. The van der Waals surface area contributed by atoms with Gasteiger partial charge in [0, 0.05) is 6.54 Å². The van der Waals surface area contributed by atoms with E-state index in [0.717, 1.165) is 12.1 Å². The van der Waals surface area contributed by atoms with E-state index >= 15 is 0 Å². The van der Waals surface area contributed by atoms with Gasteiger partial charge in [-0.25, -0.2) is 0 Å². The van der Waals surface area contributed by atoms with Crippen LogP contribution in [0.3, 0.4) is 0 Å². The molecule has 0 unspecified atom stereocenters. The number of thiocarbonyl (C=S) groups is 1. The van der Waals surface area contributed by atoms with E-state index in [9.17, 15) is 0 Å². The number of hydrogen-bond donors (Lipinski definition) is 3.